The summed E-state index contributed by atoms with van der Waals surface area (Å²) in [6.07, 6.45) is 0. The number of nitro groups is 1. The second-order valence-corrected chi connectivity index (χ2v) is 3.94. The molecule has 0 unspecified atom stereocenters. The van der Waals surface area contributed by atoms with Crippen LogP contribution >= 0.6 is 11.6 Å². The lowest BCUT2D eigenvalue weighted by atomic mass is 10.2. The van der Waals surface area contributed by atoms with Crippen LogP contribution in [0, 0.1) is 10.1 Å². The van der Waals surface area contributed by atoms with Crippen molar-refractivity contribution in [2.24, 2.45) is 0 Å². The lowest BCUT2D eigenvalue weighted by Crippen LogP contribution is -2.36. The Balaban J connectivity index is 2.46. The van der Waals surface area contributed by atoms with Gasteiger partial charge in [-0.3, -0.25) is 10.1 Å². The first-order valence-corrected chi connectivity index (χ1v) is 5.40. The SMILES string of the molecule is Nc1nc(Cl)cc(N2CCOCC2)c1[N+](=O)[O-]. The van der Waals surface area contributed by atoms with Crippen molar-refractivity contribution in [2.75, 3.05) is 36.9 Å². The minimum absolute atomic E-state index is 0.148. The molecule has 1 aliphatic heterocycles. The molecule has 8 heteroatoms. The van der Waals surface area contributed by atoms with Gasteiger partial charge in [0, 0.05) is 19.2 Å². The Kier molecular flexibility index (Phi) is 3.30. The Morgan fingerprint density at radius 1 is 1.53 bits per heavy atom. The topological polar surface area (TPSA) is 94.5 Å². The highest BCUT2D eigenvalue weighted by Gasteiger charge is 2.26. The maximum absolute atomic E-state index is 11.0. The number of hydrogen-bond acceptors (Lipinski definition) is 6. The second kappa shape index (κ2) is 4.72. The molecule has 2 rings (SSSR count). The van der Waals surface area contributed by atoms with E-state index in [1.807, 2.05) is 4.90 Å². The van der Waals surface area contributed by atoms with Crippen LogP contribution in [0.5, 0.6) is 0 Å². The summed E-state index contributed by atoms with van der Waals surface area (Å²) in [7, 11) is 0. The molecule has 1 aliphatic rings. The van der Waals surface area contributed by atoms with Gasteiger partial charge in [-0.05, 0) is 0 Å². The number of pyridine rings is 1. The lowest BCUT2D eigenvalue weighted by Gasteiger charge is -2.28. The number of hydrogen-bond donors (Lipinski definition) is 1. The third kappa shape index (κ3) is 2.40. The fraction of sp³-hybridized carbons (Fsp3) is 0.444. The highest BCUT2D eigenvalue weighted by atomic mass is 35.5. The van der Waals surface area contributed by atoms with Gasteiger partial charge < -0.3 is 15.4 Å². The highest BCUT2D eigenvalue weighted by Crippen LogP contribution is 2.34. The molecule has 0 spiro atoms. The van der Waals surface area contributed by atoms with Crippen molar-refractivity contribution in [1.82, 2.24) is 4.98 Å². The van der Waals surface area contributed by atoms with Crippen LogP contribution in [0.25, 0.3) is 0 Å². The Labute approximate surface area is 102 Å². The van der Waals surface area contributed by atoms with E-state index in [4.69, 9.17) is 22.1 Å². The van der Waals surface area contributed by atoms with Crippen LogP contribution in [0.1, 0.15) is 0 Å². The molecule has 1 aromatic heterocycles. The number of halogens is 1. The first kappa shape index (κ1) is 11.9. The molecule has 1 saturated heterocycles. The molecule has 0 saturated carbocycles. The van der Waals surface area contributed by atoms with Crippen LogP contribution in [-0.2, 0) is 4.74 Å². The van der Waals surface area contributed by atoms with E-state index in [-0.39, 0.29) is 16.7 Å². The van der Waals surface area contributed by atoms with Crippen molar-refractivity contribution in [1.29, 1.82) is 0 Å². The summed E-state index contributed by atoms with van der Waals surface area (Å²) in [6.45, 7) is 2.19. The second-order valence-electron chi connectivity index (χ2n) is 3.55. The largest absolute Gasteiger partial charge is 0.378 e. The maximum Gasteiger partial charge on any atom is 0.334 e. The summed E-state index contributed by atoms with van der Waals surface area (Å²) in [5.41, 5.74) is 5.74. The van der Waals surface area contributed by atoms with E-state index in [0.717, 1.165) is 0 Å². The smallest absolute Gasteiger partial charge is 0.334 e. The third-order valence-electron chi connectivity index (χ3n) is 2.50. The van der Waals surface area contributed by atoms with Gasteiger partial charge in [-0.1, -0.05) is 11.6 Å². The molecule has 0 atom stereocenters. The molecule has 0 aliphatic carbocycles. The predicted octanol–water partition coefficient (Wildman–Crippen LogP) is 1.06. The molecule has 0 amide bonds. The third-order valence-corrected chi connectivity index (χ3v) is 2.70. The van der Waals surface area contributed by atoms with Gasteiger partial charge >= 0.3 is 5.69 Å². The van der Waals surface area contributed by atoms with Gasteiger partial charge in [0.15, 0.2) is 0 Å². The number of aromatic nitrogens is 1. The minimum atomic E-state index is -0.538. The van der Waals surface area contributed by atoms with Crippen molar-refractivity contribution in [3.63, 3.8) is 0 Å². The summed E-state index contributed by atoms with van der Waals surface area (Å²) < 4.78 is 5.19. The zero-order valence-electron chi connectivity index (χ0n) is 8.93. The molecular weight excluding hydrogens is 248 g/mol. The van der Waals surface area contributed by atoms with Crippen LogP contribution in [-0.4, -0.2) is 36.2 Å². The number of ether oxygens (including phenoxy) is 1. The molecule has 0 bridgehead atoms. The molecule has 0 radical (unpaired) electrons. The Morgan fingerprint density at radius 3 is 2.76 bits per heavy atom. The van der Waals surface area contributed by atoms with E-state index < -0.39 is 4.92 Å². The predicted molar refractivity (Wildman–Crippen MR) is 63.3 cm³/mol. The van der Waals surface area contributed by atoms with Gasteiger partial charge in [-0.2, -0.15) is 0 Å². The van der Waals surface area contributed by atoms with Crippen molar-refractivity contribution < 1.29 is 9.66 Å². The maximum atomic E-state index is 11.0. The quantitative estimate of drug-likeness (QED) is 0.484. The van der Waals surface area contributed by atoms with Crippen LogP contribution in [0.3, 0.4) is 0 Å². The van der Waals surface area contributed by atoms with Crippen LogP contribution in [0.15, 0.2) is 6.07 Å². The monoisotopic (exact) mass is 258 g/mol. The number of anilines is 2. The minimum Gasteiger partial charge on any atom is -0.378 e. The van der Waals surface area contributed by atoms with Gasteiger partial charge in [0.2, 0.25) is 5.82 Å². The average molecular weight is 259 g/mol. The summed E-state index contributed by atoms with van der Waals surface area (Å²) >= 11 is 5.77. The number of nitrogens with two attached hydrogens (primary N) is 1. The summed E-state index contributed by atoms with van der Waals surface area (Å²) in [5, 5.41) is 11.1. The van der Waals surface area contributed by atoms with Crippen molar-refractivity contribution in [2.45, 2.75) is 0 Å². The molecule has 17 heavy (non-hydrogen) atoms. The molecule has 1 aromatic rings. The van der Waals surface area contributed by atoms with E-state index >= 15 is 0 Å². The summed E-state index contributed by atoms with van der Waals surface area (Å²) in [4.78, 5) is 16.0. The van der Waals surface area contributed by atoms with Gasteiger partial charge in [-0.25, -0.2) is 4.98 Å². The zero-order valence-corrected chi connectivity index (χ0v) is 9.68. The van der Waals surface area contributed by atoms with E-state index in [9.17, 15) is 10.1 Å². The average Bonchev–Trinajstić information content (AvgIpc) is 2.28. The first-order chi connectivity index (χ1) is 8.09. The number of nitrogen functional groups attached to an aromatic ring is 1. The molecule has 1 fully saturated rings. The first-order valence-electron chi connectivity index (χ1n) is 5.02. The highest BCUT2D eigenvalue weighted by molar-refractivity contribution is 6.30. The van der Waals surface area contributed by atoms with Crippen molar-refractivity contribution >= 4 is 28.8 Å². The number of nitrogens with zero attached hydrogens (tertiary/aromatic N) is 3. The lowest BCUT2D eigenvalue weighted by molar-refractivity contribution is -0.383. The summed E-state index contributed by atoms with van der Waals surface area (Å²) in [6, 6.07) is 1.46. The number of rotatable bonds is 2. The molecule has 7 nitrogen and oxygen atoms in total. The Bertz CT molecular complexity index is 448. The van der Waals surface area contributed by atoms with Crippen molar-refractivity contribution in [3.8, 4) is 0 Å². The van der Waals surface area contributed by atoms with Gasteiger partial charge in [0.1, 0.15) is 10.8 Å². The van der Waals surface area contributed by atoms with Crippen LogP contribution < -0.4 is 10.6 Å². The fourth-order valence-corrected chi connectivity index (χ4v) is 1.94. The molecular formula is C9H11ClN4O3. The number of morpholine rings is 1. The Morgan fingerprint density at radius 2 is 2.18 bits per heavy atom. The van der Waals surface area contributed by atoms with E-state index in [1.54, 1.807) is 0 Å². The van der Waals surface area contributed by atoms with Crippen molar-refractivity contribution in [3.05, 3.63) is 21.3 Å². The fourth-order valence-electron chi connectivity index (χ4n) is 1.75. The molecule has 0 aromatic carbocycles. The van der Waals surface area contributed by atoms with E-state index in [2.05, 4.69) is 4.98 Å². The standard InChI is InChI=1S/C9H11ClN4O3/c10-7-5-6(13-1-3-17-4-2-13)8(14(15)16)9(11)12-7/h5H,1-4H2,(H2,11,12). The van der Waals surface area contributed by atoms with Crippen LogP contribution in [0.2, 0.25) is 5.15 Å². The normalized spacial score (nSPS) is 15.9. The van der Waals surface area contributed by atoms with Crippen LogP contribution in [0.4, 0.5) is 17.2 Å². The zero-order chi connectivity index (χ0) is 12.4. The van der Waals surface area contributed by atoms with Gasteiger partial charge in [0.25, 0.3) is 0 Å². The Hall–Kier alpha value is -1.60. The molecule has 92 valence electrons. The summed E-state index contributed by atoms with van der Waals surface area (Å²) in [5.74, 6) is -0.163. The molecule has 2 N–H and O–H groups in total. The van der Waals surface area contributed by atoms with Gasteiger partial charge in [-0.15, -0.1) is 0 Å². The van der Waals surface area contributed by atoms with E-state index in [0.29, 0.717) is 32.0 Å². The van der Waals surface area contributed by atoms with E-state index in [1.165, 1.54) is 6.07 Å². The van der Waals surface area contributed by atoms with Gasteiger partial charge in [0.05, 0.1) is 18.1 Å². The molecule has 2 heterocycles.